The molecule has 2 aromatic carbocycles. The zero-order chi connectivity index (χ0) is 24.7. The van der Waals surface area contributed by atoms with Crippen molar-refractivity contribution < 1.29 is 9.53 Å². The summed E-state index contributed by atoms with van der Waals surface area (Å²) in [6, 6.07) is 22.7. The van der Waals surface area contributed by atoms with Gasteiger partial charge >= 0.3 is 6.09 Å². The number of piperidine rings is 1. The molecular weight excluding hydrogens is 444 g/mol. The summed E-state index contributed by atoms with van der Waals surface area (Å²) in [4.78, 5) is 17.6. The van der Waals surface area contributed by atoms with Crippen LogP contribution in [-0.4, -0.2) is 54.7 Å². The Labute approximate surface area is 218 Å². The summed E-state index contributed by atoms with van der Waals surface area (Å²) in [7, 11) is 1.54. The molecule has 2 saturated carbocycles. The van der Waals surface area contributed by atoms with Gasteiger partial charge in [0.05, 0.1) is 7.11 Å². The molecule has 4 heteroatoms. The van der Waals surface area contributed by atoms with Gasteiger partial charge in [-0.15, -0.1) is 0 Å². The summed E-state index contributed by atoms with van der Waals surface area (Å²) < 4.78 is 5.26. The van der Waals surface area contributed by atoms with E-state index in [1.165, 1.54) is 62.7 Å². The number of ether oxygens (including phenoxy) is 1. The fraction of sp³-hybridized carbons (Fsp3) is 0.594. The Hall–Kier alpha value is -2.33. The lowest BCUT2D eigenvalue weighted by atomic mass is 9.87. The molecule has 194 valence electrons. The molecule has 3 aliphatic rings. The number of nitrogens with zero attached hydrogens (tertiary/aromatic N) is 2. The van der Waals surface area contributed by atoms with Crippen molar-refractivity contribution in [3.8, 4) is 0 Å². The van der Waals surface area contributed by atoms with Crippen LogP contribution in [0.25, 0.3) is 0 Å². The van der Waals surface area contributed by atoms with Gasteiger partial charge < -0.3 is 14.5 Å². The van der Waals surface area contributed by atoms with Gasteiger partial charge in [0, 0.05) is 18.6 Å². The summed E-state index contributed by atoms with van der Waals surface area (Å²) in [6.07, 6.45) is 12.1. The first-order chi connectivity index (χ1) is 17.7. The minimum Gasteiger partial charge on any atom is -0.453 e. The first-order valence-corrected chi connectivity index (χ1v) is 14.4. The number of carbonyl (C=O) groups excluding carboxylic acids is 1. The van der Waals surface area contributed by atoms with Gasteiger partial charge in [0.1, 0.15) is 0 Å². The normalized spacial score (nSPS) is 25.4. The van der Waals surface area contributed by atoms with E-state index >= 15 is 0 Å². The van der Waals surface area contributed by atoms with Gasteiger partial charge in [-0.05, 0) is 99.8 Å². The highest BCUT2D eigenvalue weighted by Gasteiger charge is 2.44. The first-order valence-electron chi connectivity index (χ1n) is 14.4. The van der Waals surface area contributed by atoms with E-state index in [-0.39, 0.29) is 6.09 Å². The standard InChI is InChI=1S/C32H44N2O2/c1-36-32(35)34(29-16-9-17-29)30-22-28(31(23-30)27-14-6-3-7-15-27)24-33-20-18-26(19-21-33)13-8-12-25-10-4-2-5-11-25/h2-7,10-11,14-15,26,28-31H,8-9,12-13,16-24H2,1H3/t28-,30?,31-/m1/s1. The number of methoxy groups -OCH3 is 1. The number of aryl methyl sites for hydroxylation is 1. The van der Waals surface area contributed by atoms with Crippen LogP contribution < -0.4 is 0 Å². The van der Waals surface area contributed by atoms with Gasteiger partial charge in [0.15, 0.2) is 0 Å². The molecule has 0 spiro atoms. The predicted octanol–water partition coefficient (Wildman–Crippen LogP) is 6.90. The van der Waals surface area contributed by atoms with Gasteiger partial charge in [-0.1, -0.05) is 67.1 Å². The molecule has 5 rings (SSSR count). The number of rotatable bonds is 9. The molecule has 1 aliphatic heterocycles. The Morgan fingerprint density at radius 2 is 1.61 bits per heavy atom. The lowest BCUT2D eigenvalue weighted by Gasteiger charge is -2.40. The zero-order valence-corrected chi connectivity index (χ0v) is 22.1. The molecule has 3 atom stereocenters. The van der Waals surface area contributed by atoms with Crippen molar-refractivity contribution in [2.24, 2.45) is 11.8 Å². The van der Waals surface area contributed by atoms with Gasteiger partial charge in [-0.2, -0.15) is 0 Å². The molecule has 2 aliphatic carbocycles. The molecule has 0 N–H and O–H groups in total. The number of carbonyl (C=O) groups is 1. The Morgan fingerprint density at radius 3 is 2.25 bits per heavy atom. The van der Waals surface area contributed by atoms with Crippen molar-refractivity contribution >= 4 is 6.09 Å². The molecule has 0 aromatic heterocycles. The number of hydrogen-bond donors (Lipinski definition) is 0. The van der Waals surface area contributed by atoms with Crippen molar-refractivity contribution in [3.05, 3.63) is 71.8 Å². The van der Waals surface area contributed by atoms with Crippen LogP contribution in [0, 0.1) is 11.8 Å². The largest absolute Gasteiger partial charge is 0.453 e. The smallest absolute Gasteiger partial charge is 0.409 e. The number of amides is 1. The number of likely N-dealkylation sites (tertiary alicyclic amines) is 1. The van der Waals surface area contributed by atoms with E-state index in [0.29, 0.717) is 23.9 Å². The third-order valence-electron chi connectivity index (χ3n) is 9.27. The van der Waals surface area contributed by atoms with Crippen molar-refractivity contribution in [2.75, 3.05) is 26.7 Å². The van der Waals surface area contributed by atoms with E-state index in [2.05, 4.69) is 70.5 Å². The van der Waals surface area contributed by atoms with Crippen LogP contribution in [0.15, 0.2) is 60.7 Å². The third kappa shape index (κ3) is 6.14. The molecule has 1 saturated heterocycles. The molecule has 3 fully saturated rings. The van der Waals surface area contributed by atoms with E-state index in [1.807, 2.05) is 0 Å². The Bertz CT molecular complexity index is 937. The average molecular weight is 489 g/mol. The van der Waals surface area contributed by atoms with Crippen LogP contribution in [-0.2, 0) is 11.2 Å². The first kappa shape index (κ1) is 25.3. The minimum absolute atomic E-state index is 0.117. The fourth-order valence-corrected chi connectivity index (χ4v) is 7.03. The molecule has 1 amide bonds. The maximum Gasteiger partial charge on any atom is 0.409 e. The highest BCUT2D eigenvalue weighted by Crippen LogP contribution is 2.44. The number of hydrogen-bond acceptors (Lipinski definition) is 3. The summed E-state index contributed by atoms with van der Waals surface area (Å²) in [5.74, 6) is 1.99. The van der Waals surface area contributed by atoms with Crippen LogP contribution >= 0.6 is 0 Å². The fourth-order valence-electron chi connectivity index (χ4n) is 7.03. The van der Waals surface area contributed by atoms with E-state index in [9.17, 15) is 4.79 Å². The van der Waals surface area contributed by atoms with Crippen LogP contribution in [0.4, 0.5) is 4.79 Å². The van der Waals surface area contributed by atoms with Crippen LogP contribution in [0.1, 0.15) is 74.8 Å². The highest BCUT2D eigenvalue weighted by molar-refractivity contribution is 5.68. The molecule has 36 heavy (non-hydrogen) atoms. The summed E-state index contributed by atoms with van der Waals surface area (Å²) in [5.41, 5.74) is 2.92. The van der Waals surface area contributed by atoms with E-state index < -0.39 is 0 Å². The topological polar surface area (TPSA) is 32.8 Å². The highest BCUT2D eigenvalue weighted by atomic mass is 16.5. The quantitative estimate of drug-likeness (QED) is 0.385. The predicted molar refractivity (Wildman–Crippen MR) is 146 cm³/mol. The van der Waals surface area contributed by atoms with E-state index in [1.54, 1.807) is 7.11 Å². The van der Waals surface area contributed by atoms with Crippen LogP contribution in [0.2, 0.25) is 0 Å². The molecule has 1 heterocycles. The van der Waals surface area contributed by atoms with Gasteiger partial charge in [-0.25, -0.2) is 4.79 Å². The van der Waals surface area contributed by atoms with Gasteiger partial charge in [-0.3, -0.25) is 0 Å². The SMILES string of the molecule is COC(=O)N(C1CCC1)C1C[C@H](CN2CCC(CCCc3ccccc3)CC2)[C@@H](c2ccccc2)C1. The van der Waals surface area contributed by atoms with E-state index in [4.69, 9.17) is 4.74 Å². The monoisotopic (exact) mass is 488 g/mol. The van der Waals surface area contributed by atoms with Gasteiger partial charge in [0.2, 0.25) is 0 Å². The maximum absolute atomic E-state index is 12.8. The van der Waals surface area contributed by atoms with Crippen LogP contribution in [0.3, 0.4) is 0 Å². The summed E-state index contributed by atoms with van der Waals surface area (Å²) in [5, 5.41) is 0. The van der Waals surface area contributed by atoms with Crippen LogP contribution in [0.5, 0.6) is 0 Å². The second kappa shape index (κ2) is 12.3. The Kier molecular flexibility index (Phi) is 8.63. The van der Waals surface area contributed by atoms with E-state index in [0.717, 1.165) is 38.1 Å². The van der Waals surface area contributed by atoms with Crippen molar-refractivity contribution in [1.82, 2.24) is 9.80 Å². The van der Waals surface area contributed by atoms with Crippen molar-refractivity contribution in [2.45, 2.75) is 82.2 Å². The summed E-state index contributed by atoms with van der Waals surface area (Å²) >= 11 is 0. The van der Waals surface area contributed by atoms with Crippen molar-refractivity contribution in [3.63, 3.8) is 0 Å². The Balaban J connectivity index is 1.17. The third-order valence-corrected chi connectivity index (χ3v) is 9.27. The van der Waals surface area contributed by atoms with Crippen molar-refractivity contribution in [1.29, 1.82) is 0 Å². The molecular formula is C32H44N2O2. The summed E-state index contributed by atoms with van der Waals surface area (Å²) in [6.45, 7) is 3.61. The molecule has 4 nitrogen and oxygen atoms in total. The molecule has 2 aromatic rings. The second-order valence-corrected chi connectivity index (χ2v) is 11.5. The number of benzene rings is 2. The molecule has 1 unspecified atom stereocenters. The molecule has 0 bridgehead atoms. The maximum atomic E-state index is 12.8. The minimum atomic E-state index is -0.117. The van der Waals surface area contributed by atoms with Gasteiger partial charge in [0.25, 0.3) is 0 Å². The lowest BCUT2D eigenvalue weighted by molar-refractivity contribution is 0.0557. The lowest BCUT2D eigenvalue weighted by Crippen LogP contribution is -2.49. The molecule has 0 radical (unpaired) electrons. The second-order valence-electron chi connectivity index (χ2n) is 11.5. The average Bonchev–Trinajstić information content (AvgIpc) is 3.31. The zero-order valence-electron chi connectivity index (χ0n) is 22.1. The Morgan fingerprint density at radius 1 is 0.917 bits per heavy atom.